The molecular weight excluding hydrogens is 432 g/mol. The van der Waals surface area contributed by atoms with Crippen LogP contribution >= 0.6 is 0 Å². The second-order valence-electron chi connectivity index (χ2n) is 9.11. The van der Waals surface area contributed by atoms with E-state index in [0.717, 1.165) is 80.3 Å². The van der Waals surface area contributed by atoms with Crippen molar-refractivity contribution in [1.29, 1.82) is 0 Å². The molecule has 0 spiro atoms. The zero-order valence-corrected chi connectivity index (χ0v) is 19.8. The molecule has 1 aliphatic heterocycles. The van der Waals surface area contributed by atoms with Crippen LogP contribution in [0, 0.1) is 0 Å². The van der Waals surface area contributed by atoms with Crippen LogP contribution in [0.3, 0.4) is 0 Å². The molecule has 3 heterocycles. The number of benzene rings is 1. The molecule has 2 aliphatic rings. The first-order valence-corrected chi connectivity index (χ1v) is 12.1. The number of hydrogen-bond acceptors (Lipinski definition) is 9. The van der Waals surface area contributed by atoms with E-state index < -0.39 is 0 Å². The molecule has 3 aromatic rings. The molecule has 1 aliphatic carbocycles. The van der Waals surface area contributed by atoms with Crippen LogP contribution < -0.4 is 19.7 Å². The maximum absolute atomic E-state index is 6.53. The predicted molar refractivity (Wildman–Crippen MR) is 131 cm³/mol. The van der Waals surface area contributed by atoms with Crippen molar-refractivity contribution in [2.75, 3.05) is 36.5 Å². The highest BCUT2D eigenvalue weighted by atomic mass is 16.5. The van der Waals surface area contributed by atoms with Gasteiger partial charge in [-0.15, -0.1) is 0 Å². The topological polar surface area (TPSA) is 94.5 Å². The molecule has 0 radical (unpaired) electrons. The fraction of sp³-hybridized carbons (Fsp3) is 0.520. The van der Waals surface area contributed by atoms with E-state index in [1.165, 1.54) is 0 Å². The van der Waals surface area contributed by atoms with Crippen molar-refractivity contribution in [1.82, 2.24) is 19.9 Å². The Morgan fingerprint density at radius 2 is 1.82 bits per heavy atom. The number of anilines is 2. The SMILES string of the molecule is CC(C)Oc1cncc(N[C@H]2CC[C@@H](Oc3cc(N4CCOCC4)cc4nccnc34)CC2)n1. The number of hydrogen-bond donors (Lipinski definition) is 1. The quantitative estimate of drug-likeness (QED) is 0.559. The van der Waals surface area contributed by atoms with E-state index in [-0.39, 0.29) is 12.2 Å². The van der Waals surface area contributed by atoms with Crippen LogP contribution in [0.5, 0.6) is 11.6 Å². The Labute approximate surface area is 199 Å². The summed E-state index contributed by atoms with van der Waals surface area (Å²) in [5.41, 5.74) is 2.79. The van der Waals surface area contributed by atoms with E-state index in [1.54, 1.807) is 24.8 Å². The molecule has 0 bridgehead atoms. The lowest BCUT2D eigenvalue weighted by Gasteiger charge is -2.31. The Hall–Kier alpha value is -3.20. The zero-order chi connectivity index (χ0) is 23.3. The molecule has 2 aromatic heterocycles. The molecule has 2 fully saturated rings. The van der Waals surface area contributed by atoms with E-state index in [1.807, 2.05) is 13.8 Å². The van der Waals surface area contributed by atoms with Gasteiger partial charge >= 0.3 is 0 Å². The zero-order valence-electron chi connectivity index (χ0n) is 19.8. The van der Waals surface area contributed by atoms with Crippen LogP contribution in [0.15, 0.2) is 36.9 Å². The molecule has 0 unspecified atom stereocenters. The summed E-state index contributed by atoms with van der Waals surface area (Å²) < 4.78 is 17.7. The van der Waals surface area contributed by atoms with Gasteiger partial charge in [0.2, 0.25) is 5.88 Å². The van der Waals surface area contributed by atoms with Gasteiger partial charge in [0.25, 0.3) is 0 Å². The van der Waals surface area contributed by atoms with Crippen molar-refractivity contribution >= 4 is 22.5 Å². The Morgan fingerprint density at radius 1 is 1.03 bits per heavy atom. The van der Waals surface area contributed by atoms with Crippen molar-refractivity contribution in [3.63, 3.8) is 0 Å². The van der Waals surface area contributed by atoms with Crippen LogP contribution in [0.1, 0.15) is 39.5 Å². The van der Waals surface area contributed by atoms with E-state index in [4.69, 9.17) is 14.2 Å². The summed E-state index contributed by atoms with van der Waals surface area (Å²) in [6.45, 7) is 7.18. The smallest absolute Gasteiger partial charge is 0.234 e. The second-order valence-corrected chi connectivity index (χ2v) is 9.11. The Morgan fingerprint density at radius 3 is 2.62 bits per heavy atom. The largest absolute Gasteiger partial charge is 0.488 e. The molecule has 1 saturated carbocycles. The van der Waals surface area contributed by atoms with Gasteiger partial charge in [-0.2, -0.15) is 4.98 Å². The van der Waals surface area contributed by atoms with Crippen LogP contribution in [0.25, 0.3) is 11.0 Å². The highest BCUT2D eigenvalue weighted by molar-refractivity contribution is 5.85. The molecule has 9 heteroatoms. The minimum absolute atomic E-state index is 0.0691. The third-order valence-electron chi connectivity index (χ3n) is 6.19. The van der Waals surface area contributed by atoms with Gasteiger partial charge in [0.15, 0.2) is 0 Å². The third kappa shape index (κ3) is 5.47. The van der Waals surface area contributed by atoms with Crippen LogP contribution in [0.4, 0.5) is 11.5 Å². The summed E-state index contributed by atoms with van der Waals surface area (Å²) in [6, 6.07) is 4.54. The minimum atomic E-state index is 0.0691. The summed E-state index contributed by atoms with van der Waals surface area (Å²) in [5, 5.41) is 3.51. The van der Waals surface area contributed by atoms with Gasteiger partial charge in [-0.1, -0.05) is 0 Å². The van der Waals surface area contributed by atoms with E-state index >= 15 is 0 Å². The molecule has 0 amide bonds. The molecule has 180 valence electrons. The highest BCUT2D eigenvalue weighted by Gasteiger charge is 2.24. The molecule has 1 aromatic carbocycles. The Bertz CT molecular complexity index is 1100. The Balaban J connectivity index is 1.23. The maximum Gasteiger partial charge on any atom is 0.234 e. The Kier molecular flexibility index (Phi) is 6.89. The molecule has 1 saturated heterocycles. The van der Waals surface area contributed by atoms with Crippen LogP contribution in [-0.2, 0) is 4.74 Å². The van der Waals surface area contributed by atoms with Crippen LogP contribution in [0.2, 0.25) is 0 Å². The number of aromatic nitrogens is 4. The number of ether oxygens (including phenoxy) is 3. The average Bonchev–Trinajstić information content (AvgIpc) is 2.85. The first-order chi connectivity index (χ1) is 16.6. The van der Waals surface area contributed by atoms with Crippen molar-refractivity contribution in [2.24, 2.45) is 0 Å². The number of rotatable bonds is 7. The monoisotopic (exact) mass is 464 g/mol. The van der Waals surface area contributed by atoms with E-state index in [9.17, 15) is 0 Å². The highest BCUT2D eigenvalue weighted by Crippen LogP contribution is 2.33. The molecule has 1 N–H and O–H groups in total. The summed E-state index contributed by atoms with van der Waals surface area (Å²) in [7, 11) is 0. The van der Waals surface area contributed by atoms with E-state index in [0.29, 0.717) is 11.9 Å². The van der Waals surface area contributed by atoms with Crippen LogP contribution in [-0.4, -0.2) is 64.5 Å². The summed E-state index contributed by atoms with van der Waals surface area (Å²) in [5.74, 6) is 2.11. The second kappa shape index (κ2) is 10.4. The van der Waals surface area contributed by atoms with Gasteiger partial charge in [-0.05, 0) is 45.6 Å². The normalized spacial score (nSPS) is 21.0. The maximum atomic E-state index is 6.53. The number of nitrogens with one attached hydrogen (secondary N) is 1. The number of nitrogens with zero attached hydrogens (tertiary/aromatic N) is 5. The van der Waals surface area contributed by atoms with Gasteiger partial charge in [0.1, 0.15) is 17.1 Å². The van der Waals surface area contributed by atoms with Gasteiger partial charge in [0.05, 0.1) is 43.3 Å². The van der Waals surface area contributed by atoms with Gasteiger partial charge in [-0.3, -0.25) is 9.97 Å². The third-order valence-corrected chi connectivity index (χ3v) is 6.19. The van der Waals surface area contributed by atoms with Crippen molar-refractivity contribution < 1.29 is 14.2 Å². The first kappa shape index (κ1) is 22.6. The summed E-state index contributed by atoms with van der Waals surface area (Å²) in [6.07, 6.45) is 11.0. The fourth-order valence-corrected chi connectivity index (χ4v) is 4.55. The van der Waals surface area contributed by atoms with Crippen molar-refractivity contribution in [3.05, 3.63) is 36.9 Å². The standard InChI is InChI=1S/C25H32N6O3/c1-17(2)33-24-16-26-15-23(30-24)29-18-3-5-20(6-4-18)34-22-14-19(31-9-11-32-12-10-31)13-21-25(22)28-8-7-27-21/h7-8,13-18,20H,3-6,9-12H2,1-2H3,(H,29,30)/t18-,20+. The van der Waals surface area contributed by atoms with Crippen molar-refractivity contribution in [2.45, 2.75) is 57.8 Å². The van der Waals surface area contributed by atoms with Crippen molar-refractivity contribution in [3.8, 4) is 11.6 Å². The molecule has 34 heavy (non-hydrogen) atoms. The average molecular weight is 465 g/mol. The lowest BCUT2D eigenvalue weighted by Crippen LogP contribution is -2.36. The predicted octanol–water partition coefficient (Wildman–Crippen LogP) is 3.85. The number of morpholine rings is 1. The molecular formula is C25H32N6O3. The van der Waals surface area contributed by atoms with E-state index in [2.05, 4.69) is 42.3 Å². The number of fused-ring (bicyclic) bond motifs is 1. The molecule has 5 rings (SSSR count). The summed E-state index contributed by atoms with van der Waals surface area (Å²) >= 11 is 0. The molecule has 9 nitrogen and oxygen atoms in total. The van der Waals surface area contributed by atoms with Gasteiger partial charge in [0, 0.05) is 43.3 Å². The first-order valence-electron chi connectivity index (χ1n) is 12.1. The minimum Gasteiger partial charge on any atom is -0.488 e. The lowest BCUT2D eigenvalue weighted by atomic mass is 9.93. The van der Waals surface area contributed by atoms with Gasteiger partial charge < -0.3 is 24.4 Å². The van der Waals surface area contributed by atoms with Gasteiger partial charge in [-0.25, -0.2) is 4.98 Å². The molecule has 0 atom stereocenters. The summed E-state index contributed by atoms with van der Waals surface area (Å²) in [4.78, 5) is 20.2. The lowest BCUT2D eigenvalue weighted by molar-refractivity contribution is 0.122. The fourth-order valence-electron chi connectivity index (χ4n) is 4.55.